The van der Waals surface area contributed by atoms with Crippen molar-refractivity contribution in [1.29, 1.82) is 0 Å². The number of rotatable bonds is 5. The number of hydrogen-bond acceptors (Lipinski definition) is 5. The van der Waals surface area contributed by atoms with Crippen molar-refractivity contribution < 1.29 is 18.3 Å². The Morgan fingerprint density at radius 3 is 2.52 bits per heavy atom. The lowest BCUT2D eigenvalue weighted by molar-refractivity contribution is -0.120. The number of alkyl halides is 2. The molecule has 2 heterocycles. The van der Waals surface area contributed by atoms with E-state index < -0.39 is 6.61 Å². The van der Waals surface area contributed by atoms with Gasteiger partial charge >= 0.3 is 6.61 Å². The molecule has 132 valence electrons. The van der Waals surface area contributed by atoms with E-state index in [2.05, 4.69) is 24.9 Å². The van der Waals surface area contributed by atoms with Crippen molar-refractivity contribution in [2.24, 2.45) is 5.92 Å². The summed E-state index contributed by atoms with van der Waals surface area (Å²) in [5, 5.41) is 2.82. The Morgan fingerprint density at radius 1 is 1.20 bits per heavy atom. The van der Waals surface area contributed by atoms with Gasteiger partial charge in [-0.05, 0) is 37.1 Å². The molecule has 6 nitrogen and oxygen atoms in total. The first-order chi connectivity index (χ1) is 12.1. The van der Waals surface area contributed by atoms with Crippen LogP contribution in [0.2, 0.25) is 0 Å². The molecular weight excluding hydrogens is 330 g/mol. The minimum atomic E-state index is -2.86. The highest BCUT2D eigenvalue weighted by Crippen LogP contribution is 2.23. The number of ether oxygens (including phenoxy) is 1. The maximum absolute atomic E-state index is 12.4. The van der Waals surface area contributed by atoms with Crippen molar-refractivity contribution in [3.8, 4) is 5.75 Å². The summed E-state index contributed by atoms with van der Waals surface area (Å²) in [7, 11) is 0. The van der Waals surface area contributed by atoms with E-state index in [4.69, 9.17) is 0 Å². The van der Waals surface area contributed by atoms with E-state index in [1.54, 1.807) is 30.7 Å². The molecule has 1 aliphatic rings. The van der Waals surface area contributed by atoms with Crippen molar-refractivity contribution in [1.82, 2.24) is 9.97 Å². The lowest BCUT2D eigenvalue weighted by Crippen LogP contribution is -2.38. The first kappa shape index (κ1) is 17.1. The Morgan fingerprint density at radius 2 is 1.92 bits per heavy atom. The lowest BCUT2D eigenvalue weighted by Gasteiger charge is -2.31. The number of amides is 1. The van der Waals surface area contributed by atoms with E-state index in [1.807, 2.05) is 0 Å². The van der Waals surface area contributed by atoms with Gasteiger partial charge in [0.2, 0.25) is 5.91 Å². The Labute approximate surface area is 143 Å². The van der Waals surface area contributed by atoms with E-state index in [-0.39, 0.29) is 17.6 Å². The fourth-order valence-electron chi connectivity index (χ4n) is 2.79. The molecule has 1 aliphatic heterocycles. The molecule has 1 aromatic carbocycles. The number of benzene rings is 1. The normalized spacial score (nSPS) is 15.2. The summed E-state index contributed by atoms with van der Waals surface area (Å²) >= 11 is 0. The molecular formula is C17H18F2N4O2. The predicted molar refractivity (Wildman–Crippen MR) is 88.7 cm³/mol. The van der Waals surface area contributed by atoms with E-state index in [0.717, 1.165) is 31.7 Å². The Bertz CT molecular complexity index is 690. The van der Waals surface area contributed by atoms with E-state index >= 15 is 0 Å². The fraction of sp³-hybridized carbons (Fsp3) is 0.353. The van der Waals surface area contributed by atoms with Crippen molar-refractivity contribution in [2.45, 2.75) is 19.5 Å². The number of nitrogens with zero attached hydrogens (tertiary/aromatic N) is 3. The van der Waals surface area contributed by atoms with Crippen LogP contribution in [0.15, 0.2) is 42.9 Å². The summed E-state index contributed by atoms with van der Waals surface area (Å²) in [6, 6.07) is 5.89. The van der Waals surface area contributed by atoms with Crippen molar-refractivity contribution >= 4 is 17.4 Å². The molecule has 1 aromatic heterocycles. The first-order valence-corrected chi connectivity index (χ1v) is 7.98. The van der Waals surface area contributed by atoms with Gasteiger partial charge in [0.05, 0.1) is 6.20 Å². The molecule has 0 unspecified atom stereocenters. The second-order valence-electron chi connectivity index (χ2n) is 5.72. The number of carbonyl (C=O) groups excluding carboxylic acids is 1. The van der Waals surface area contributed by atoms with E-state index in [0.29, 0.717) is 5.69 Å². The second kappa shape index (κ2) is 7.87. The average Bonchev–Trinajstić information content (AvgIpc) is 2.64. The van der Waals surface area contributed by atoms with Gasteiger partial charge < -0.3 is 15.0 Å². The van der Waals surface area contributed by atoms with Gasteiger partial charge in [-0.2, -0.15) is 8.78 Å². The second-order valence-corrected chi connectivity index (χ2v) is 5.72. The van der Waals surface area contributed by atoms with Crippen LogP contribution in [-0.4, -0.2) is 35.6 Å². The summed E-state index contributed by atoms with van der Waals surface area (Å²) in [6.45, 7) is -1.39. The first-order valence-electron chi connectivity index (χ1n) is 7.98. The van der Waals surface area contributed by atoms with Crippen LogP contribution in [0.1, 0.15) is 12.8 Å². The van der Waals surface area contributed by atoms with Crippen LogP contribution in [-0.2, 0) is 4.79 Å². The summed E-state index contributed by atoms with van der Waals surface area (Å²) < 4.78 is 28.5. The van der Waals surface area contributed by atoms with E-state index in [1.165, 1.54) is 12.1 Å². The lowest BCUT2D eigenvalue weighted by atomic mass is 9.96. The van der Waals surface area contributed by atoms with Gasteiger partial charge in [0.1, 0.15) is 11.6 Å². The third-order valence-corrected chi connectivity index (χ3v) is 4.09. The van der Waals surface area contributed by atoms with E-state index in [9.17, 15) is 13.6 Å². The van der Waals surface area contributed by atoms with Crippen LogP contribution in [0.25, 0.3) is 0 Å². The molecule has 0 bridgehead atoms. The molecule has 1 N–H and O–H groups in total. The molecule has 3 rings (SSSR count). The molecule has 0 radical (unpaired) electrons. The Kier molecular flexibility index (Phi) is 5.37. The molecule has 2 aromatic rings. The number of carbonyl (C=O) groups is 1. The van der Waals surface area contributed by atoms with Crippen LogP contribution < -0.4 is 15.0 Å². The number of hydrogen-bond donors (Lipinski definition) is 1. The molecule has 1 saturated heterocycles. The summed E-state index contributed by atoms with van der Waals surface area (Å²) in [5.41, 5.74) is 0.558. The Hall–Kier alpha value is -2.77. The van der Waals surface area contributed by atoms with Crippen LogP contribution in [0.3, 0.4) is 0 Å². The summed E-state index contributed by atoms with van der Waals surface area (Å²) in [4.78, 5) is 22.8. The van der Waals surface area contributed by atoms with Gasteiger partial charge in [-0.15, -0.1) is 0 Å². The van der Waals surface area contributed by atoms with Crippen molar-refractivity contribution in [2.75, 3.05) is 23.3 Å². The van der Waals surface area contributed by atoms with Crippen LogP contribution in [0, 0.1) is 5.92 Å². The molecule has 0 atom stereocenters. The highest BCUT2D eigenvalue weighted by Gasteiger charge is 2.25. The third kappa shape index (κ3) is 4.62. The summed E-state index contributed by atoms with van der Waals surface area (Å²) in [6.07, 6.45) is 6.42. The Balaban J connectivity index is 1.51. The smallest absolute Gasteiger partial charge is 0.387 e. The fourth-order valence-corrected chi connectivity index (χ4v) is 2.79. The molecule has 0 saturated carbocycles. The maximum atomic E-state index is 12.4. The number of piperidine rings is 1. The maximum Gasteiger partial charge on any atom is 0.387 e. The van der Waals surface area contributed by atoms with Gasteiger partial charge in [-0.3, -0.25) is 9.78 Å². The average molecular weight is 348 g/mol. The molecule has 0 aliphatic carbocycles. The quantitative estimate of drug-likeness (QED) is 0.900. The molecule has 8 heteroatoms. The minimum Gasteiger partial charge on any atom is -0.435 e. The highest BCUT2D eigenvalue weighted by atomic mass is 19.3. The topological polar surface area (TPSA) is 67.3 Å². The van der Waals surface area contributed by atoms with Crippen LogP contribution >= 0.6 is 0 Å². The largest absolute Gasteiger partial charge is 0.435 e. The zero-order valence-corrected chi connectivity index (χ0v) is 13.4. The van der Waals surface area contributed by atoms with Gasteiger partial charge in [0, 0.05) is 37.1 Å². The van der Waals surface area contributed by atoms with Crippen molar-refractivity contribution in [3.63, 3.8) is 0 Å². The van der Waals surface area contributed by atoms with Crippen LogP contribution in [0.4, 0.5) is 20.3 Å². The number of aromatic nitrogens is 2. The third-order valence-electron chi connectivity index (χ3n) is 4.09. The van der Waals surface area contributed by atoms with Crippen molar-refractivity contribution in [3.05, 3.63) is 42.9 Å². The van der Waals surface area contributed by atoms with Gasteiger partial charge in [0.15, 0.2) is 0 Å². The molecule has 0 spiro atoms. The van der Waals surface area contributed by atoms with Gasteiger partial charge in [-0.25, -0.2) is 4.98 Å². The van der Waals surface area contributed by atoms with Gasteiger partial charge in [0.25, 0.3) is 0 Å². The molecule has 1 amide bonds. The molecule has 1 fully saturated rings. The standard InChI is InChI=1S/C17H18F2N4O2/c18-17(19)25-14-3-1-13(2-4-14)22-16(24)12-5-9-23(10-6-12)15-11-20-7-8-21-15/h1-4,7-8,11-12,17H,5-6,9-10H2,(H,22,24). The SMILES string of the molecule is O=C(Nc1ccc(OC(F)F)cc1)C1CCN(c2cnccn2)CC1. The monoisotopic (exact) mass is 348 g/mol. The predicted octanol–water partition coefficient (Wildman–Crippen LogP) is 2.93. The number of anilines is 2. The zero-order chi connectivity index (χ0) is 17.6. The highest BCUT2D eigenvalue weighted by molar-refractivity contribution is 5.92. The summed E-state index contributed by atoms with van der Waals surface area (Å²) in [5.74, 6) is 0.715. The number of nitrogens with one attached hydrogen (secondary N) is 1. The zero-order valence-electron chi connectivity index (χ0n) is 13.4. The van der Waals surface area contributed by atoms with Gasteiger partial charge in [-0.1, -0.05) is 0 Å². The number of halogens is 2. The molecule has 25 heavy (non-hydrogen) atoms. The minimum absolute atomic E-state index is 0.0604. The van der Waals surface area contributed by atoms with Crippen LogP contribution in [0.5, 0.6) is 5.75 Å².